The van der Waals surface area contributed by atoms with E-state index in [0.29, 0.717) is 5.69 Å². The largest absolute Gasteiger partial charge is 0.356 e. The van der Waals surface area contributed by atoms with Gasteiger partial charge in [0.2, 0.25) is 0 Å². The Morgan fingerprint density at radius 1 is 0.900 bits per heavy atom. The van der Waals surface area contributed by atoms with Crippen molar-refractivity contribution < 1.29 is 4.52 Å². The second-order valence-electron chi connectivity index (χ2n) is 4.54. The molecule has 0 atom stereocenters. The van der Waals surface area contributed by atoms with Gasteiger partial charge < -0.3 is 9.51 Å². The summed E-state index contributed by atoms with van der Waals surface area (Å²) >= 11 is 0. The molecule has 0 spiro atoms. The molecular weight excluding hydrogens is 250 g/mol. The Balaban J connectivity index is 1.78. The van der Waals surface area contributed by atoms with Crippen LogP contribution in [0.15, 0.2) is 65.2 Å². The van der Waals surface area contributed by atoms with E-state index in [-0.39, 0.29) is 0 Å². The first-order valence-electron chi connectivity index (χ1n) is 6.37. The number of nitrogens with one attached hydrogen (secondary N) is 1. The molecule has 2 heterocycles. The fourth-order valence-corrected chi connectivity index (χ4v) is 2.20. The quantitative estimate of drug-likeness (QED) is 0.595. The zero-order chi connectivity index (χ0) is 13.4. The first kappa shape index (κ1) is 11.0. The van der Waals surface area contributed by atoms with Crippen molar-refractivity contribution >= 4 is 11.0 Å². The minimum absolute atomic E-state index is 0.708. The van der Waals surface area contributed by atoms with Crippen LogP contribution in [0.4, 0.5) is 0 Å². The van der Waals surface area contributed by atoms with Crippen molar-refractivity contribution in [1.29, 1.82) is 0 Å². The molecule has 4 nitrogen and oxygen atoms in total. The van der Waals surface area contributed by atoms with Gasteiger partial charge in [0.05, 0.1) is 11.0 Å². The fourth-order valence-electron chi connectivity index (χ4n) is 2.20. The maximum absolute atomic E-state index is 5.39. The number of aromatic amines is 1. The molecule has 0 saturated heterocycles. The monoisotopic (exact) mass is 261 g/mol. The van der Waals surface area contributed by atoms with Gasteiger partial charge in [-0.2, -0.15) is 0 Å². The van der Waals surface area contributed by atoms with E-state index in [1.807, 2.05) is 60.7 Å². The van der Waals surface area contributed by atoms with Crippen molar-refractivity contribution in [1.82, 2.24) is 15.1 Å². The zero-order valence-electron chi connectivity index (χ0n) is 10.6. The maximum Gasteiger partial charge on any atom is 0.167 e. The zero-order valence-corrected chi connectivity index (χ0v) is 10.6. The van der Waals surface area contributed by atoms with E-state index >= 15 is 0 Å². The number of nitrogens with zero attached hydrogens (tertiary/aromatic N) is 2. The van der Waals surface area contributed by atoms with Crippen LogP contribution in [-0.4, -0.2) is 15.1 Å². The molecular formula is C16H11N3O. The number of hydrogen-bond donors (Lipinski definition) is 1. The number of para-hydroxylation sites is 2. The second kappa shape index (κ2) is 4.35. The molecule has 0 aliphatic heterocycles. The van der Waals surface area contributed by atoms with Gasteiger partial charge in [-0.25, -0.2) is 4.98 Å². The molecule has 2 aromatic heterocycles. The molecule has 0 radical (unpaired) electrons. The third kappa shape index (κ3) is 1.78. The third-order valence-corrected chi connectivity index (χ3v) is 3.20. The van der Waals surface area contributed by atoms with Gasteiger partial charge in [-0.05, 0) is 12.1 Å². The van der Waals surface area contributed by atoms with Gasteiger partial charge in [0.25, 0.3) is 0 Å². The summed E-state index contributed by atoms with van der Waals surface area (Å²) in [6.45, 7) is 0. The Hall–Kier alpha value is -2.88. The number of H-pyrrole nitrogens is 1. The Bertz CT molecular complexity index is 828. The van der Waals surface area contributed by atoms with Crippen LogP contribution < -0.4 is 0 Å². The van der Waals surface area contributed by atoms with Gasteiger partial charge in [0.15, 0.2) is 11.6 Å². The van der Waals surface area contributed by atoms with Crippen LogP contribution in [0, 0.1) is 0 Å². The molecule has 4 aromatic rings. The predicted octanol–water partition coefficient (Wildman–Crippen LogP) is 3.88. The van der Waals surface area contributed by atoms with Crippen LogP contribution in [0.1, 0.15) is 0 Å². The summed E-state index contributed by atoms with van der Waals surface area (Å²) in [7, 11) is 0. The lowest BCUT2D eigenvalue weighted by Gasteiger charge is -1.91. The molecule has 0 unspecified atom stereocenters. The SMILES string of the molecule is c1ccc(-c2cc(-c3nc4ccccc4[nH]3)no2)cc1. The Morgan fingerprint density at radius 2 is 1.70 bits per heavy atom. The summed E-state index contributed by atoms with van der Waals surface area (Å²) in [4.78, 5) is 7.75. The summed E-state index contributed by atoms with van der Waals surface area (Å²) in [5.74, 6) is 1.46. The molecule has 0 amide bonds. The van der Waals surface area contributed by atoms with Crippen LogP contribution in [-0.2, 0) is 0 Å². The number of fused-ring (bicyclic) bond motifs is 1. The lowest BCUT2D eigenvalue weighted by atomic mass is 10.1. The number of rotatable bonds is 2. The van der Waals surface area contributed by atoms with Crippen molar-refractivity contribution in [3.63, 3.8) is 0 Å². The molecule has 96 valence electrons. The average Bonchev–Trinajstić information content (AvgIpc) is 3.14. The van der Waals surface area contributed by atoms with Crippen LogP contribution in [0.3, 0.4) is 0 Å². The minimum Gasteiger partial charge on any atom is -0.356 e. The van der Waals surface area contributed by atoms with Crippen molar-refractivity contribution in [2.45, 2.75) is 0 Å². The number of aromatic nitrogens is 3. The summed E-state index contributed by atoms with van der Waals surface area (Å²) in [6.07, 6.45) is 0. The first-order chi connectivity index (χ1) is 9.90. The molecule has 4 heteroatoms. The molecule has 0 bridgehead atoms. The topological polar surface area (TPSA) is 54.7 Å². The van der Waals surface area contributed by atoms with E-state index in [4.69, 9.17) is 4.52 Å². The maximum atomic E-state index is 5.39. The van der Waals surface area contributed by atoms with E-state index in [0.717, 1.165) is 28.2 Å². The Morgan fingerprint density at radius 3 is 2.55 bits per heavy atom. The van der Waals surface area contributed by atoms with Crippen molar-refractivity contribution in [2.24, 2.45) is 0 Å². The molecule has 4 rings (SSSR count). The number of imidazole rings is 1. The van der Waals surface area contributed by atoms with E-state index in [9.17, 15) is 0 Å². The van der Waals surface area contributed by atoms with Gasteiger partial charge in [-0.15, -0.1) is 0 Å². The summed E-state index contributed by atoms with van der Waals surface area (Å²) in [5, 5.41) is 4.09. The summed E-state index contributed by atoms with van der Waals surface area (Å²) in [5.41, 5.74) is 3.63. The van der Waals surface area contributed by atoms with E-state index in [1.165, 1.54) is 0 Å². The lowest BCUT2D eigenvalue weighted by molar-refractivity contribution is 0.434. The van der Waals surface area contributed by atoms with Gasteiger partial charge >= 0.3 is 0 Å². The molecule has 0 saturated carbocycles. The second-order valence-corrected chi connectivity index (χ2v) is 4.54. The smallest absolute Gasteiger partial charge is 0.167 e. The third-order valence-electron chi connectivity index (χ3n) is 3.20. The van der Waals surface area contributed by atoms with Crippen molar-refractivity contribution in [3.05, 3.63) is 60.7 Å². The summed E-state index contributed by atoms with van der Waals surface area (Å²) in [6, 6.07) is 19.7. The molecule has 2 aromatic carbocycles. The van der Waals surface area contributed by atoms with Gasteiger partial charge in [-0.1, -0.05) is 47.6 Å². The van der Waals surface area contributed by atoms with Gasteiger partial charge in [0, 0.05) is 11.6 Å². The Labute approximate surface area is 115 Å². The summed E-state index contributed by atoms with van der Waals surface area (Å²) < 4.78 is 5.39. The predicted molar refractivity (Wildman–Crippen MR) is 77.0 cm³/mol. The van der Waals surface area contributed by atoms with Crippen molar-refractivity contribution in [2.75, 3.05) is 0 Å². The van der Waals surface area contributed by atoms with Crippen LogP contribution in [0.5, 0.6) is 0 Å². The number of benzene rings is 2. The van der Waals surface area contributed by atoms with E-state index in [1.54, 1.807) is 0 Å². The van der Waals surface area contributed by atoms with Crippen LogP contribution >= 0.6 is 0 Å². The molecule has 1 N–H and O–H groups in total. The lowest BCUT2D eigenvalue weighted by Crippen LogP contribution is -1.78. The van der Waals surface area contributed by atoms with Crippen molar-refractivity contribution in [3.8, 4) is 22.8 Å². The highest BCUT2D eigenvalue weighted by molar-refractivity contribution is 5.79. The molecule has 0 fully saturated rings. The minimum atomic E-state index is 0.708. The highest BCUT2D eigenvalue weighted by Crippen LogP contribution is 2.25. The highest BCUT2D eigenvalue weighted by Gasteiger charge is 2.11. The number of hydrogen-bond acceptors (Lipinski definition) is 3. The van der Waals surface area contributed by atoms with E-state index in [2.05, 4.69) is 15.1 Å². The first-order valence-corrected chi connectivity index (χ1v) is 6.37. The van der Waals surface area contributed by atoms with E-state index < -0.39 is 0 Å². The average molecular weight is 261 g/mol. The van der Waals surface area contributed by atoms with Gasteiger partial charge in [0.1, 0.15) is 5.69 Å². The van der Waals surface area contributed by atoms with Gasteiger partial charge in [-0.3, -0.25) is 0 Å². The highest BCUT2D eigenvalue weighted by atomic mass is 16.5. The molecule has 20 heavy (non-hydrogen) atoms. The Kier molecular flexibility index (Phi) is 2.39. The van der Waals surface area contributed by atoms with Crippen LogP contribution in [0.2, 0.25) is 0 Å². The standard InChI is InChI=1S/C16H11N3O/c1-2-6-11(7-3-1)15-10-14(19-20-15)16-17-12-8-4-5-9-13(12)18-16/h1-10H,(H,17,18). The molecule has 0 aliphatic rings. The normalized spacial score (nSPS) is 11.0. The molecule has 0 aliphatic carbocycles. The van der Waals surface area contributed by atoms with Crippen LogP contribution in [0.25, 0.3) is 33.9 Å². The fraction of sp³-hybridized carbons (Fsp3) is 0.